The molecule has 0 spiro atoms. The lowest BCUT2D eigenvalue weighted by molar-refractivity contribution is -0.870. The molecule has 0 amide bonds. The fourth-order valence-electron chi connectivity index (χ4n) is 3.10. The number of halogens is 14. The highest BCUT2D eigenvalue weighted by Crippen LogP contribution is 2.64. The average Bonchev–Trinajstić information content (AvgIpc) is 2.55. The third-order valence-electron chi connectivity index (χ3n) is 5.08. The van der Waals surface area contributed by atoms with E-state index in [9.17, 15) is 69.9 Å². The van der Waals surface area contributed by atoms with Crippen molar-refractivity contribution in [3.63, 3.8) is 0 Å². The highest BCUT2D eigenvalue weighted by molar-refractivity contribution is 7.89. The SMILES string of the molecule is C[N+](C)(C)CCCNS(=O)(=O)CCC(F)(F)CC(CC(C(F)(F)F)(C(F)(F)F)C(F)(F)F)C(F)(F)F. The average molecular weight is 587 g/mol. The number of hydrogen-bond acceptors (Lipinski definition) is 2. The minimum absolute atomic E-state index is 0.198. The number of rotatable bonds is 12. The molecule has 4 nitrogen and oxygen atoms in total. The fourth-order valence-corrected chi connectivity index (χ4v) is 4.27. The maximum atomic E-state index is 14.1. The van der Waals surface area contributed by atoms with E-state index in [1.54, 1.807) is 21.1 Å². The first-order chi connectivity index (χ1) is 15.5. The van der Waals surface area contributed by atoms with E-state index in [0.717, 1.165) is 0 Å². The van der Waals surface area contributed by atoms with Crippen molar-refractivity contribution in [2.24, 2.45) is 11.3 Å². The molecule has 1 unspecified atom stereocenters. The highest BCUT2D eigenvalue weighted by Gasteiger charge is 2.84. The summed E-state index contributed by atoms with van der Waals surface area (Å²) in [5.74, 6) is -10.9. The molecular weight excluding hydrogens is 562 g/mol. The van der Waals surface area contributed by atoms with Crippen LogP contribution in [0.1, 0.15) is 25.7 Å². The standard InChI is InChI=1S/C17H25F14N2O2S/c1-33(2,3)7-4-6-32-36(34,35)8-5-12(18,19)9-11(14(20,21)22)10-13(15(23,24)25,16(26,27)28)17(29,30)31/h11,32H,4-10H2,1-3H3/q+1. The van der Waals surface area contributed by atoms with E-state index in [1.807, 2.05) is 4.72 Å². The van der Waals surface area contributed by atoms with Crippen molar-refractivity contribution < 1.29 is 74.4 Å². The molecule has 0 saturated carbocycles. The van der Waals surface area contributed by atoms with E-state index in [2.05, 4.69) is 0 Å². The zero-order valence-corrected chi connectivity index (χ0v) is 19.8. The van der Waals surface area contributed by atoms with Crippen LogP contribution in [0.2, 0.25) is 0 Å². The molecule has 0 aliphatic rings. The lowest BCUT2D eigenvalue weighted by Crippen LogP contribution is -2.61. The van der Waals surface area contributed by atoms with Crippen molar-refractivity contribution in [1.29, 1.82) is 0 Å². The van der Waals surface area contributed by atoms with Crippen LogP contribution in [-0.2, 0) is 10.0 Å². The molecule has 1 N–H and O–H groups in total. The van der Waals surface area contributed by atoms with Crippen LogP contribution in [0.25, 0.3) is 0 Å². The van der Waals surface area contributed by atoms with Gasteiger partial charge >= 0.3 is 24.7 Å². The van der Waals surface area contributed by atoms with Gasteiger partial charge in [0.05, 0.1) is 39.4 Å². The van der Waals surface area contributed by atoms with Gasteiger partial charge < -0.3 is 4.48 Å². The largest absolute Gasteiger partial charge is 0.412 e. The Balaban J connectivity index is 5.82. The van der Waals surface area contributed by atoms with E-state index < -0.39 is 77.0 Å². The molecule has 36 heavy (non-hydrogen) atoms. The van der Waals surface area contributed by atoms with Gasteiger partial charge in [-0.3, -0.25) is 0 Å². The topological polar surface area (TPSA) is 46.2 Å². The van der Waals surface area contributed by atoms with Crippen LogP contribution < -0.4 is 4.72 Å². The molecule has 0 fully saturated rings. The van der Waals surface area contributed by atoms with Crippen LogP contribution in [0.3, 0.4) is 0 Å². The predicted molar refractivity (Wildman–Crippen MR) is 98.2 cm³/mol. The van der Waals surface area contributed by atoms with Crippen LogP contribution in [0, 0.1) is 11.3 Å². The summed E-state index contributed by atoms with van der Waals surface area (Å²) in [6.45, 7) is 0.130. The molecule has 0 aromatic heterocycles. The minimum atomic E-state index is -7.37. The number of quaternary nitrogens is 1. The second-order valence-electron chi connectivity index (χ2n) is 9.23. The molecule has 19 heteroatoms. The summed E-state index contributed by atoms with van der Waals surface area (Å²) in [5.41, 5.74) is -6.96. The Morgan fingerprint density at radius 2 is 1.14 bits per heavy atom. The van der Waals surface area contributed by atoms with Crippen LogP contribution in [0.15, 0.2) is 0 Å². The van der Waals surface area contributed by atoms with E-state index in [-0.39, 0.29) is 13.0 Å². The van der Waals surface area contributed by atoms with Gasteiger partial charge in [-0.25, -0.2) is 21.9 Å². The maximum Gasteiger partial charge on any atom is 0.412 e. The first kappa shape index (κ1) is 34.9. The van der Waals surface area contributed by atoms with Crippen molar-refractivity contribution in [2.45, 2.75) is 56.3 Å². The molecule has 1 atom stereocenters. The first-order valence-corrected chi connectivity index (χ1v) is 11.6. The Hall–Kier alpha value is -1.11. The quantitative estimate of drug-likeness (QED) is 0.182. The normalized spacial score (nSPS) is 16.4. The highest BCUT2D eigenvalue weighted by atomic mass is 32.2. The summed E-state index contributed by atoms with van der Waals surface area (Å²) < 4.78 is 210. The van der Waals surface area contributed by atoms with Gasteiger partial charge in [-0.15, -0.1) is 0 Å². The minimum Gasteiger partial charge on any atom is -0.331 e. The summed E-state index contributed by atoms with van der Waals surface area (Å²) in [6, 6.07) is 0. The molecule has 0 rings (SSSR count). The van der Waals surface area contributed by atoms with Gasteiger partial charge in [0.25, 0.3) is 5.41 Å². The van der Waals surface area contributed by atoms with E-state index in [0.29, 0.717) is 11.0 Å². The predicted octanol–water partition coefficient (Wildman–Crippen LogP) is 5.66. The molecule has 0 radical (unpaired) electrons. The van der Waals surface area contributed by atoms with Gasteiger partial charge in [-0.2, -0.15) is 52.7 Å². The zero-order valence-electron chi connectivity index (χ0n) is 19.0. The Morgan fingerprint density at radius 1 is 0.722 bits per heavy atom. The van der Waals surface area contributed by atoms with Gasteiger partial charge in [0, 0.05) is 25.8 Å². The van der Waals surface area contributed by atoms with Gasteiger partial charge in [-0.05, 0) is 6.42 Å². The molecule has 0 aromatic carbocycles. The van der Waals surface area contributed by atoms with Crippen LogP contribution in [0.5, 0.6) is 0 Å². The Morgan fingerprint density at radius 3 is 1.47 bits per heavy atom. The summed E-state index contributed by atoms with van der Waals surface area (Å²) >= 11 is 0. The van der Waals surface area contributed by atoms with E-state index in [4.69, 9.17) is 0 Å². The number of alkyl halides is 14. The number of hydrogen-bond donors (Lipinski definition) is 1. The molecular formula is C17H25F14N2O2S+. The molecule has 218 valence electrons. The van der Waals surface area contributed by atoms with Crippen molar-refractivity contribution >= 4 is 10.0 Å². The van der Waals surface area contributed by atoms with Crippen LogP contribution in [0.4, 0.5) is 61.5 Å². The van der Waals surface area contributed by atoms with Gasteiger partial charge in [0.15, 0.2) is 0 Å². The van der Waals surface area contributed by atoms with Gasteiger partial charge in [-0.1, -0.05) is 0 Å². The molecule has 0 aromatic rings. The summed E-state index contributed by atoms with van der Waals surface area (Å²) in [5, 5.41) is 0. The van der Waals surface area contributed by atoms with Crippen molar-refractivity contribution in [3.8, 4) is 0 Å². The summed E-state index contributed by atoms with van der Waals surface area (Å²) in [4.78, 5) is 0. The molecule has 0 saturated heterocycles. The van der Waals surface area contributed by atoms with Crippen LogP contribution >= 0.6 is 0 Å². The molecule has 0 heterocycles. The van der Waals surface area contributed by atoms with Crippen molar-refractivity contribution in [3.05, 3.63) is 0 Å². The van der Waals surface area contributed by atoms with E-state index in [1.165, 1.54) is 0 Å². The number of nitrogens with one attached hydrogen (secondary N) is 1. The molecule has 0 aliphatic heterocycles. The Labute approximate surface area is 197 Å². The van der Waals surface area contributed by atoms with Crippen molar-refractivity contribution in [1.82, 2.24) is 4.72 Å². The summed E-state index contributed by atoms with van der Waals surface area (Å²) in [6.07, 6.45) is -37.1. The fraction of sp³-hybridized carbons (Fsp3) is 1.00. The zero-order chi connectivity index (χ0) is 29.2. The van der Waals surface area contributed by atoms with Crippen LogP contribution in [-0.4, -0.2) is 83.5 Å². The number of nitrogens with zero attached hydrogens (tertiary/aromatic N) is 1. The lowest BCUT2D eigenvalue weighted by atomic mass is 9.74. The first-order valence-electron chi connectivity index (χ1n) is 9.90. The lowest BCUT2D eigenvalue weighted by Gasteiger charge is -2.41. The van der Waals surface area contributed by atoms with E-state index >= 15 is 0 Å². The number of sulfonamides is 1. The monoisotopic (exact) mass is 587 g/mol. The Bertz CT molecular complexity index is 772. The van der Waals surface area contributed by atoms with Crippen molar-refractivity contribution in [2.75, 3.05) is 40.0 Å². The third-order valence-corrected chi connectivity index (χ3v) is 6.46. The molecule has 0 bridgehead atoms. The smallest absolute Gasteiger partial charge is 0.331 e. The third kappa shape index (κ3) is 9.98. The maximum absolute atomic E-state index is 14.1. The van der Waals surface area contributed by atoms with Gasteiger partial charge in [0.1, 0.15) is 0 Å². The van der Waals surface area contributed by atoms with Gasteiger partial charge in [0.2, 0.25) is 15.9 Å². The second kappa shape index (κ2) is 10.9. The molecule has 0 aliphatic carbocycles. The summed E-state index contributed by atoms with van der Waals surface area (Å²) in [7, 11) is 0.633. The second-order valence-corrected chi connectivity index (χ2v) is 11.2. The Kier molecular flexibility index (Phi) is 10.6.